The minimum atomic E-state index is -0.0224. The molecule has 5 heteroatoms. The molecule has 19 heavy (non-hydrogen) atoms. The maximum Gasteiger partial charge on any atom is 0.270 e. The Balaban J connectivity index is 2.01. The summed E-state index contributed by atoms with van der Waals surface area (Å²) in [6, 6.07) is 5.57. The van der Waals surface area contributed by atoms with Gasteiger partial charge in [0.15, 0.2) is 0 Å². The van der Waals surface area contributed by atoms with Crippen LogP contribution in [0.4, 0.5) is 0 Å². The number of nitrogens with two attached hydrogens (primary N) is 1. The maximum absolute atomic E-state index is 12.0. The molecule has 0 spiro atoms. The lowest BCUT2D eigenvalue weighted by molar-refractivity contribution is 0.0780. The minimum absolute atomic E-state index is 0.0224. The first-order valence-electron chi connectivity index (χ1n) is 5.86. The molecule has 3 N–H and O–H groups in total. The SMILES string of the molecule is CN(Cc1csc(C#CCN)c1)C(=O)c1ccc[nH]1. The molecule has 0 bridgehead atoms. The first-order valence-corrected chi connectivity index (χ1v) is 6.74. The first-order chi connectivity index (χ1) is 9.20. The molecule has 0 aromatic carbocycles. The summed E-state index contributed by atoms with van der Waals surface area (Å²) in [6.45, 7) is 0.928. The van der Waals surface area contributed by atoms with Crippen molar-refractivity contribution in [3.05, 3.63) is 45.9 Å². The van der Waals surface area contributed by atoms with Crippen molar-refractivity contribution in [2.24, 2.45) is 5.73 Å². The van der Waals surface area contributed by atoms with Gasteiger partial charge >= 0.3 is 0 Å². The molecule has 2 aromatic rings. The number of carbonyl (C=O) groups excluding carboxylic acids is 1. The van der Waals surface area contributed by atoms with Crippen LogP contribution in [0.2, 0.25) is 0 Å². The number of carbonyl (C=O) groups is 1. The van der Waals surface area contributed by atoms with Gasteiger partial charge in [0.05, 0.1) is 11.4 Å². The monoisotopic (exact) mass is 273 g/mol. The second kappa shape index (κ2) is 6.23. The number of H-pyrrole nitrogens is 1. The second-order valence-electron chi connectivity index (χ2n) is 4.07. The zero-order valence-corrected chi connectivity index (χ0v) is 11.5. The fourth-order valence-electron chi connectivity index (χ4n) is 1.68. The molecule has 0 unspecified atom stereocenters. The summed E-state index contributed by atoms with van der Waals surface area (Å²) in [5.41, 5.74) is 7.01. The highest BCUT2D eigenvalue weighted by atomic mass is 32.1. The lowest BCUT2D eigenvalue weighted by Gasteiger charge is -2.15. The van der Waals surface area contributed by atoms with Crippen molar-refractivity contribution < 1.29 is 4.79 Å². The van der Waals surface area contributed by atoms with E-state index < -0.39 is 0 Å². The van der Waals surface area contributed by atoms with Gasteiger partial charge in [0.2, 0.25) is 0 Å². The topological polar surface area (TPSA) is 62.1 Å². The van der Waals surface area contributed by atoms with E-state index in [-0.39, 0.29) is 5.91 Å². The highest BCUT2D eigenvalue weighted by molar-refractivity contribution is 7.10. The molecule has 2 rings (SSSR count). The lowest BCUT2D eigenvalue weighted by atomic mass is 10.2. The predicted molar refractivity (Wildman–Crippen MR) is 76.8 cm³/mol. The summed E-state index contributed by atoms with van der Waals surface area (Å²) in [4.78, 5) is 17.6. The Bertz CT molecular complexity index is 604. The van der Waals surface area contributed by atoms with E-state index in [0.717, 1.165) is 10.4 Å². The van der Waals surface area contributed by atoms with Crippen LogP contribution in [0.5, 0.6) is 0 Å². The van der Waals surface area contributed by atoms with Crippen LogP contribution < -0.4 is 5.73 Å². The van der Waals surface area contributed by atoms with Gasteiger partial charge < -0.3 is 15.6 Å². The van der Waals surface area contributed by atoms with E-state index in [9.17, 15) is 4.79 Å². The van der Waals surface area contributed by atoms with Gasteiger partial charge in [-0.3, -0.25) is 4.79 Å². The van der Waals surface area contributed by atoms with Crippen LogP contribution in [0.1, 0.15) is 20.9 Å². The van der Waals surface area contributed by atoms with Crippen LogP contribution >= 0.6 is 11.3 Å². The van der Waals surface area contributed by atoms with Crippen molar-refractivity contribution >= 4 is 17.2 Å². The third-order valence-corrected chi connectivity index (χ3v) is 3.46. The molecular weight excluding hydrogens is 258 g/mol. The molecular formula is C14H15N3OS. The largest absolute Gasteiger partial charge is 0.357 e. The number of amides is 1. The lowest BCUT2D eigenvalue weighted by Crippen LogP contribution is -2.26. The van der Waals surface area contributed by atoms with Crippen LogP contribution in [0, 0.1) is 11.8 Å². The zero-order valence-electron chi connectivity index (χ0n) is 10.6. The molecule has 0 aliphatic carbocycles. The van der Waals surface area contributed by atoms with Crippen molar-refractivity contribution in [2.75, 3.05) is 13.6 Å². The Kier molecular flexibility index (Phi) is 4.39. The number of aromatic nitrogens is 1. The smallest absolute Gasteiger partial charge is 0.270 e. The molecule has 2 heterocycles. The molecule has 0 atom stereocenters. The highest BCUT2D eigenvalue weighted by Gasteiger charge is 2.12. The molecule has 0 aliphatic rings. The zero-order chi connectivity index (χ0) is 13.7. The summed E-state index contributed by atoms with van der Waals surface area (Å²) in [5.74, 6) is 5.79. The number of rotatable bonds is 3. The molecule has 0 fully saturated rings. The number of hydrogen-bond acceptors (Lipinski definition) is 3. The van der Waals surface area contributed by atoms with Crippen LogP contribution in [0.15, 0.2) is 29.8 Å². The molecule has 2 aromatic heterocycles. The van der Waals surface area contributed by atoms with Crippen molar-refractivity contribution in [2.45, 2.75) is 6.54 Å². The summed E-state index contributed by atoms with van der Waals surface area (Å²) >= 11 is 1.57. The normalized spacial score (nSPS) is 9.79. The average Bonchev–Trinajstić information content (AvgIpc) is 3.06. The molecule has 0 aliphatic heterocycles. The van der Waals surface area contributed by atoms with Gasteiger partial charge in [-0.15, -0.1) is 11.3 Å². The van der Waals surface area contributed by atoms with E-state index in [1.165, 1.54) is 0 Å². The standard InChI is InChI=1S/C14H15N3OS/c1-17(14(18)13-5-3-7-16-13)9-11-8-12(19-10-11)4-2-6-15/h3,5,7-8,10,16H,6,9,15H2,1H3. The van der Waals surface area contributed by atoms with Crippen LogP contribution in [-0.2, 0) is 6.54 Å². The predicted octanol–water partition coefficient (Wildman–Crippen LogP) is 1.66. The fraction of sp³-hybridized carbons (Fsp3) is 0.214. The van der Waals surface area contributed by atoms with Gasteiger partial charge in [-0.25, -0.2) is 0 Å². The quantitative estimate of drug-likeness (QED) is 0.835. The third kappa shape index (κ3) is 3.47. The van der Waals surface area contributed by atoms with E-state index >= 15 is 0 Å². The Morgan fingerprint density at radius 2 is 2.42 bits per heavy atom. The van der Waals surface area contributed by atoms with Crippen LogP contribution in [0.3, 0.4) is 0 Å². The Morgan fingerprint density at radius 3 is 3.11 bits per heavy atom. The number of nitrogens with zero attached hydrogens (tertiary/aromatic N) is 1. The Hall–Kier alpha value is -2.03. The van der Waals surface area contributed by atoms with Gasteiger partial charge in [0.1, 0.15) is 5.69 Å². The summed E-state index contributed by atoms with van der Waals surface area (Å²) in [7, 11) is 1.78. The molecule has 0 saturated heterocycles. The third-order valence-electron chi connectivity index (χ3n) is 2.56. The van der Waals surface area contributed by atoms with Gasteiger partial charge in [-0.05, 0) is 29.1 Å². The van der Waals surface area contributed by atoms with Gasteiger partial charge in [-0.2, -0.15) is 0 Å². The van der Waals surface area contributed by atoms with Gasteiger partial charge in [0, 0.05) is 19.8 Å². The maximum atomic E-state index is 12.0. The Morgan fingerprint density at radius 1 is 1.58 bits per heavy atom. The van der Waals surface area contributed by atoms with Gasteiger partial charge in [-0.1, -0.05) is 11.8 Å². The second-order valence-corrected chi connectivity index (χ2v) is 4.98. The van der Waals surface area contributed by atoms with Crippen molar-refractivity contribution in [1.29, 1.82) is 0 Å². The molecule has 4 nitrogen and oxygen atoms in total. The van der Waals surface area contributed by atoms with Crippen LogP contribution in [0.25, 0.3) is 0 Å². The molecule has 0 saturated carbocycles. The number of thiophene rings is 1. The van der Waals surface area contributed by atoms with E-state index in [0.29, 0.717) is 18.8 Å². The minimum Gasteiger partial charge on any atom is -0.357 e. The van der Waals surface area contributed by atoms with Crippen molar-refractivity contribution in [3.8, 4) is 11.8 Å². The summed E-state index contributed by atoms with van der Waals surface area (Å²) in [6.07, 6.45) is 1.74. The molecule has 0 radical (unpaired) electrons. The molecule has 98 valence electrons. The number of nitrogens with one attached hydrogen (secondary N) is 1. The van der Waals surface area contributed by atoms with E-state index in [1.54, 1.807) is 35.5 Å². The van der Waals surface area contributed by atoms with E-state index in [2.05, 4.69) is 16.8 Å². The number of aromatic amines is 1. The van der Waals surface area contributed by atoms with Crippen molar-refractivity contribution in [1.82, 2.24) is 9.88 Å². The van der Waals surface area contributed by atoms with Crippen LogP contribution in [-0.4, -0.2) is 29.4 Å². The summed E-state index contributed by atoms with van der Waals surface area (Å²) in [5, 5.41) is 2.01. The highest BCUT2D eigenvalue weighted by Crippen LogP contribution is 2.15. The molecule has 1 amide bonds. The van der Waals surface area contributed by atoms with E-state index in [4.69, 9.17) is 5.73 Å². The summed E-state index contributed by atoms with van der Waals surface area (Å²) < 4.78 is 0. The number of hydrogen-bond donors (Lipinski definition) is 2. The fourth-order valence-corrected chi connectivity index (χ4v) is 2.45. The van der Waals surface area contributed by atoms with E-state index in [1.807, 2.05) is 17.5 Å². The van der Waals surface area contributed by atoms with Crippen molar-refractivity contribution in [3.63, 3.8) is 0 Å². The Labute approximate surface area is 116 Å². The average molecular weight is 273 g/mol. The van der Waals surface area contributed by atoms with Gasteiger partial charge in [0.25, 0.3) is 5.91 Å². The first kappa shape index (κ1) is 13.4.